The van der Waals surface area contributed by atoms with E-state index in [9.17, 15) is 17.6 Å². The summed E-state index contributed by atoms with van der Waals surface area (Å²) < 4.78 is 53.5. The maximum Gasteiger partial charge on any atom is 0.262 e. The first kappa shape index (κ1) is 25.9. The van der Waals surface area contributed by atoms with Crippen molar-refractivity contribution in [3.8, 4) is 22.8 Å². The predicted molar refractivity (Wildman–Crippen MR) is 145 cm³/mol. The standard InChI is InChI=1S/C28H23FN4O5S/c1-37-22-8-3-18(4-9-22)16-33-17-31-25-12-5-19(13-24(25)28(33)34)20-14-26(27(38-2)30-15-20)32-39(35,36)23-10-6-21(29)7-11-23/h3-15,17,32H,16H2,1-2H3. The Labute approximate surface area is 223 Å². The van der Waals surface area contributed by atoms with E-state index >= 15 is 0 Å². The molecule has 0 amide bonds. The van der Waals surface area contributed by atoms with E-state index in [-0.39, 0.29) is 22.0 Å². The maximum absolute atomic E-state index is 13.3. The molecular formula is C28H23FN4O5S. The zero-order valence-corrected chi connectivity index (χ0v) is 21.8. The first-order chi connectivity index (χ1) is 18.8. The molecule has 39 heavy (non-hydrogen) atoms. The second-order valence-electron chi connectivity index (χ2n) is 8.60. The van der Waals surface area contributed by atoms with Crippen LogP contribution >= 0.6 is 0 Å². The zero-order valence-electron chi connectivity index (χ0n) is 21.0. The number of fused-ring (bicyclic) bond motifs is 1. The third kappa shape index (κ3) is 5.43. The number of methoxy groups -OCH3 is 2. The number of aromatic nitrogens is 3. The van der Waals surface area contributed by atoms with Crippen molar-refractivity contribution in [1.29, 1.82) is 0 Å². The van der Waals surface area contributed by atoms with E-state index in [1.165, 1.54) is 24.2 Å². The van der Waals surface area contributed by atoms with E-state index in [0.29, 0.717) is 28.6 Å². The molecule has 11 heteroatoms. The van der Waals surface area contributed by atoms with Gasteiger partial charge in [0.1, 0.15) is 17.3 Å². The molecule has 0 saturated carbocycles. The van der Waals surface area contributed by atoms with Crippen LogP contribution in [0.2, 0.25) is 0 Å². The van der Waals surface area contributed by atoms with E-state index in [4.69, 9.17) is 9.47 Å². The van der Waals surface area contributed by atoms with Crippen LogP contribution in [0.5, 0.6) is 11.6 Å². The Hall–Kier alpha value is -4.77. The lowest BCUT2D eigenvalue weighted by Gasteiger charge is -2.13. The van der Waals surface area contributed by atoms with Crippen molar-refractivity contribution in [3.05, 3.63) is 107 Å². The van der Waals surface area contributed by atoms with Gasteiger partial charge in [-0.25, -0.2) is 22.8 Å². The van der Waals surface area contributed by atoms with Gasteiger partial charge in [0.15, 0.2) is 0 Å². The summed E-state index contributed by atoms with van der Waals surface area (Å²) in [5.41, 5.74) is 2.46. The molecule has 0 fully saturated rings. The van der Waals surface area contributed by atoms with Crippen molar-refractivity contribution < 1.29 is 22.3 Å². The summed E-state index contributed by atoms with van der Waals surface area (Å²) in [7, 11) is -1.10. The molecule has 3 aromatic carbocycles. The molecule has 5 aromatic rings. The fraction of sp³-hybridized carbons (Fsp3) is 0.107. The summed E-state index contributed by atoms with van der Waals surface area (Å²) in [6.45, 7) is 0.329. The first-order valence-corrected chi connectivity index (χ1v) is 13.2. The van der Waals surface area contributed by atoms with Gasteiger partial charge in [-0.2, -0.15) is 0 Å². The number of rotatable bonds is 8. The van der Waals surface area contributed by atoms with Crippen LogP contribution < -0.4 is 19.8 Å². The number of benzene rings is 3. The number of nitrogens with zero attached hydrogens (tertiary/aromatic N) is 3. The maximum atomic E-state index is 13.3. The predicted octanol–water partition coefficient (Wildman–Crippen LogP) is 4.46. The highest BCUT2D eigenvalue weighted by Crippen LogP contribution is 2.31. The van der Waals surface area contributed by atoms with Crippen LogP contribution in [0.25, 0.3) is 22.0 Å². The first-order valence-electron chi connectivity index (χ1n) is 11.7. The smallest absolute Gasteiger partial charge is 0.262 e. The molecule has 0 aliphatic carbocycles. The van der Waals surface area contributed by atoms with Crippen LogP contribution in [-0.2, 0) is 16.6 Å². The van der Waals surface area contributed by atoms with Gasteiger partial charge < -0.3 is 9.47 Å². The summed E-state index contributed by atoms with van der Waals surface area (Å²) in [6.07, 6.45) is 3.02. The van der Waals surface area contributed by atoms with Crippen LogP contribution in [-0.4, -0.2) is 37.2 Å². The molecule has 5 rings (SSSR count). The molecule has 0 radical (unpaired) electrons. The summed E-state index contributed by atoms with van der Waals surface area (Å²) in [6, 6.07) is 18.6. The van der Waals surface area contributed by atoms with Crippen LogP contribution in [0.3, 0.4) is 0 Å². The van der Waals surface area contributed by atoms with Crippen molar-refractivity contribution in [2.24, 2.45) is 0 Å². The summed E-state index contributed by atoms with van der Waals surface area (Å²) in [4.78, 5) is 21.9. The molecule has 0 unspecified atom stereocenters. The molecule has 0 spiro atoms. The van der Waals surface area contributed by atoms with Gasteiger partial charge in [-0.15, -0.1) is 0 Å². The molecule has 0 saturated heterocycles. The van der Waals surface area contributed by atoms with Crippen LogP contribution in [0.4, 0.5) is 10.1 Å². The average molecular weight is 547 g/mol. The van der Waals surface area contributed by atoms with E-state index < -0.39 is 15.8 Å². The minimum absolute atomic E-state index is 0.0498. The number of sulfonamides is 1. The zero-order chi connectivity index (χ0) is 27.6. The van der Waals surface area contributed by atoms with Crippen molar-refractivity contribution in [2.45, 2.75) is 11.4 Å². The average Bonchev–Trinajstić information content (AvgIpc) is 2.95. The lowest BCUT2D eigenvalue weighted by atomic mass is 10.0. The van der Waals surface area contributed by atoms with Gasteiger partial charge in [0.25, 0.3) is 15.6 Å². The Morgan fingerprint density at radius 2 is 1.64 bits per heavy atom. The monoisotopic (exact) mass is 546 g/mol. The summed E-state index contributed by atoms with van der Waals surface area (Å²) in [5, 5.41) is 0.396. The molecule has 0 aliphatic rings. The van der Waals surface area contributed by atoms with Crippen LogP contribution in [0.1, 0.15) is 5.56 Å². The minimum Gasteiger partial charge on any atom is -0.497 e. The third-order valence-electron chi connectivity index (χ3n) is 6.08. The quantitative estimate of drug-likeness (QED) is 0.306. The van der Waals surface area contributed by atoms with Gasteiger partial charge in [0, 0.05) is 11.8 Å². The van der Waals surface area contributed by atoms with E-state index in [2.05, 4.69) is 14.7 Å². The highest BCUT2D eigenvalue weighted by molar-refractivity contribution is 7.92. The number of hydrogen-bond donors (Lipinski definition) is 1. The Balaban J connectivity index is 1.50. The number of hydrogen-bond acceptors (Lipinski definition) is 7. The Morgan fingerprint density at radius 1 is 0.897 bits per heavy atom. The van der Waals surface area contributed by atoms with E-state index in [0.717, 1.165) is 35.6 Å². The molecular weight excluding hydrogens is 523 g/mol. The Morgan fingerprint density at radius 3 is 2.33 bits per heavy atom. The minimum atomic E-state index is -4.05. The second kappa shape index (κ2) is 10.5. The van der Waals surface area contributed by atoms with Crippen LogP contribution in [0, 0.1) is 5.82 Å². The molecule has 0 aliphatic heterocycles. The van der Waals surface area contributed by atoms with E-state index in [1.54, 1.807) is 31.4 Å². The lowest BCUT2D eigenvalue weighted by Crippen LogP contribution is -2.21. The molecule has 2 aromatic heterocycles. The number of anilines is 1. The van der Waals surface area contributed by atoms with Gasteiger partial charge >= 0.3 is 0 Å². The van der Waals surface area contributed by atoms with Crippen molar-refractivity contribution in [2.75, 3.05) is 18.9 Å². The topological polar surface area (TPSA) is 112 Å². The molecule has 9 nitrogen and oxygen atoms in total. The number of pyridine rings is 1. The highest BCUT2D eigenvalue weighted by atomic mass is 32.2. The molecule has 0 bridgehead atoms. The Bertz CT molecular complexity index is 1820. The fourth-order valence-corrected chi connectivity index (χ4v) is 5.09. The molecule has 198 valence electrons. The van der Waals surface area contributed by atoms with Crippen molar-refractivity contribution in [1.82, 2.24) is 14.5 Å². The van der Waals surface area contributed by atoms with E-state index in [1.807, 2.05) is 24.3 Å². The second-order valence-corrected chi connectivity index (χ2v) is 10.3. The number of ether oxygens (including phenoxy) is 2. The van der Waals surface area contributed by atoms with Gasteiger partial charge in [0.2, 0.25) is 5.88 Å². The lowest BCUT2D eigenvalue weighted by molar-refractivity contribution is 0.400. The SMILES string of the molecule is COc1ccc(Cn2cnc3ccc(-c4cnc(OC)c(NS(=O)(=O)c5ccc(F)cc5)c4)cc3c2=O)cc1. The van der Waals surface area contributed by atoms with Crippen molar-refractivity contribution >= 4 is 26.6 Å². The number of halogens is 1. The van der Waals surface area contributed by atoms with Gasteiger partial charge in [-0.1, -0.05) is 18.2 Å². The van der Waals surface area contributed by atoms with Gasteiger partial charge in [-0.05, 0) is 65.7 Å². The summed E-state index contributed by atoms with van der Waals surface area (Å²) in [5.74, 6) is 0.220. The fourth-order valence-electron chi connectivity index (χ4n) is 4.04. The van der Waals surface area contributed by atoms with Gasteiger partial charge in [-0.3, -0.25) is 14.1 Å². The normalized spacial score (nSPS) is 11.4. The summed E-state index contributed by atoms with van der Waals surface area (Å²) >= 11 is 0. The Kier molecular flexibility index (Phi) is 6.99. The highest BCUT2D eigenvalue weighted by Gasteiger charge is 2.18. The molecule has 2 heterocycles. The van der Waals surface area contributed by atoms with Gasteiger partial charge in [0.05, 0.1) is 42.9 Å². The molecule has 0 atom stereocenters. The molecule has 1 N–H and O–H groups in total. The third-order valence-corrected chi connectivity index (χ3v) is 7.46. The largest absolute Gasteiger partial charge is 0.497 e. The van der Waals surface area contributed by atoms with Crippen molar-refractivity contribution in [3.63, 3.8) is 0 Å². The van der Waals surface area contributed by atoms with Crippen LogP contribution in [0.15, 0.2) is 95.0 Å². The number of nitrogens with one attached hydrogen (secondary N) is 1.